The quantitative estimate of drug-likeness (QED) is 0.616. The Bertz CT molecular complexity index is 898. The topological polar surface area (TPSA) is 104 Å². The van der Waals surface area contributed by atoms with Gasteiger partial charge in [-0.05, 0) is 42.5 Å². The zero-order valence-corrected chi connectivity index (χ0v) is 16.4. The second-order valence-electron chi connectivity index (χ2n) is 5.41. The predicted molar refractivity (Wildman–Crippen MR) is 103 cm³/mol. The molecular weight excluding hydrogens is 422 g/mol. The van der Waals surface area contributed by atoms with Crippen LogP contribution in [-0.4, -0.2) is 26.8 Å². The number of carbonyl (C=O) groups excluding carboxylic acids is 2. The van der Waals surface area contributed by atoms with E-state index in [1.54, 1.807) is 36.4 Å². The van der Waals surface area contributed by atoms with E-state index < -0.39 is 10.0 Å². The molecule has 0 saturated heterocycles. The molecule has 0 saturated carbocycles. The first-order valence-corrected chi connectivity index (χ1v) is 9.96. The van der Waals surface area contributed by atoms with Crippen LogP contribution >= 0.6 is 15.9 Å². The van der Waals surface area contributed by atoms with Gasteiger partial charge >= 0.3 is 0 Å². The van der Waals surface area contributed by atoms with E-state index in [2.05, 4.69) is 31.3 Å². The smallest absolute Gasteiger partial charge is 0.240 e. The van der Waals surface area contributed by atoms with Crippen molar-refractivity contribution in [1.29, 1.82) is 0 Å². The summed E-state index contributed by atoms with van der Waals surface area (Å²) in [5.41, 5.74) is 1.07. The molecule has 0 aliphatic heterocycles. The Hall–Kier alpha value is -2.23. The van der Waals surface area contributed by atoms with E-state index in [0.29, 0.717) is 11.4 Å². The van der Waals surface area contributed by atoms with Gasteiger partial charge in [0.25, 0.3) is 0 Å². The van der Waals surface area contributed by atoms with Crippen molar-refractivity contribution in [3.8, 4) is 0 Å². The summed E-state index contributed by atoms with van der Waals surface area (Å²) in [5.74, 6) is -0.556. The van der Waals surface area contributed by atoms with Crippen LogP contribution in [0.3, 0.4) is 0 Å². The Balaban J connectivity index is 1.87. The molecule has 0 aliphatic carbocycles. The molecule has 138 valence electrons. The Kier molecular flexibility index (Phi) is 6.90. The van der Waals surface area contributed by atoms with Crippen LogP contribution in [0.25, 0.3) is 0 Å². The Morgan fingerprint density at radius 1 is 1.00 bits per heavy atom. The average molecular weight is 440 g/mol. The monoisotopic (exact) mass is 439 g/mol. The Morgan fingerprint density at radius 2 is 1.62 bits per heavy atom. The van der Waals surface area contributed by atoms with E-state index in [4.69, 9.17) is 0 Å². The lowest BCUT2D eigenvalue weighted by Crippen LogP contribution is -2.27. The fraction of sp³-hybridized carbons (Fsp3) is 0.176. The Labute approximate surface area is 160 Å². The van der Waals surface area contributed by atoms with Crippen LogP contribution in [0.5, 0.6) is 0 Å². The summed E-state index contributed by atoms with van der Waals surface area (Å²) in [6.45, 7) is 1.36. The van der Waals surface area contributed by atoms with Crippen molar-refractivity contribution in [3.05, 3.63) is 53.0 Å². The number of carbonyl (C=O) groups is 2. The van der Waals surface area contributed by atoms with E-state index in [0.717, 1.165) is 4.47 Å². The molecule has 0 spiro atoms. The molecule has 0 radical (unpaired) electrons. The largest absolute Gasteiger partial charge is 0.326 e. The number of hydrogen-bond acceptors (Lipinski definition) is 4. The van der Waals surface area contributed by atoms with Gasteiger partial charge < -0.3 is 10.6 Å². The summed E-state index contributed by atoms with van der Waals surface area (Å²) < 4.78 is 27.4. The normalized spacial score (nSPS) is 11.0. The molecule has 0 atom stereocenters. The van der Waals surface area contributed by atoms with Crippen molar-refractivity contribution < 1.29 is 18.0 Å². The summed E-state index contributed by atoms with van der Waals surface area (Å²) in [6, 6.07) is 12.9. The van der Waals surface area contributed by atoms with E-state index >= 15 is 0 Å². The highest BCUT2D eigenvalue weighted by Gasteiger charge is 2.14. The van der Waals surface area contributed by atoms with Gasteiger partial charge in [-0.25, -0.2) is 13.1 Å². The van der Waals surface area contributed by atoms with Gasteiger partial charge in [-0.15, -0.1) is 0 Å². The number of rotatable bonds is 7. The van der Waals surface area contributed by atoms with Gasteiger partial charge in [0.05, 0.1) is 4.90 Å². The second kappa shape index (κ2) is 8.93. The highest BCUT2D eigenvalue weighted by atomic mass is 79.9. The van der Waals surface area contributed by atoms with Crippen molar-refractivity contribution in [2.75, 3.05) is 17.2 Å². The van der Waals surface area contributed by atoms with Gasteiger partial charge in [0.1, 0.15) is 0 Å². The molecule has 7 nitrogen and oxygen atoms in total. The molecular formula is C17H18BrN3O4S. The highest BCUT2D eigenvalue weighted by Crippen LogP contribution is 2.16. The zero-order chi connectivity index (χ0) is 19.2. The van der Waals surface area contributed by atoms with Crippen molar-refractivity contribution in [2.24, 2.45) is 0 Å². The molecule has 9 heteroatoms. The van der Waals surface area contributed by atoms with Crippen molar-refractivity contribution in [3.63, 3.8) is 0 Å². The van der Waals surface area contributed by atoms with Gasteiger partial charge in [-0.2, -0.15) is 0 Å². The van der Waals surface area contributed by atoms with Crippen LogP contribution in [0.1, 0.15) is 13.3 Å². The summed E-state index contributed by atoms with van der Waals surface area (Å²) in [4.78, 5) is 23.2. The van der Waals surface area contributed by atoms with Crippen molar-refractivity contribution in [2.45, 2.75) is 18.2 Å². The van der Waals surface area contributed by atoms with E-state index in [-0.39, 0.29) is 29.7 Å². The molecule has 0 fully saturated rings. The van der Waals surface area contributed by atoms with Crippen LogP contribution in [0.15, 0.2) is 57.9 Å². The van der Waals surface area contributed by atoms with E-state index in [1.165, 1.54) is 19.1 Å². The molecule has 0 bridgehead atoms. The van der Waals surface area contributed by atoms with Crippen LogP contribution in [0.2, 0.25) is 0 Å². The third kappa shape index (κ3) is 6.25. The average Bonchev–Trinajstić information content (AvgIpc) is 2.54. The molecule has 26 heavy (non-hydrogen) atoms. The standard InChI is InChI=1S/C17H18BrN3O4S/c1-12(22)20-14-3-2-4-15(11-14)21-17(23)9-10-19-26(24,25)16-7-5-13(18)6-8-16/h2-8,11,19H,9-10H2,1H3,(H,20,22)(H,21,23). The van der Waals surface area contributed by atoms with Crippen LogP contribution in [0.4, 0.5) is 11.4 Å². The van der Waals surface area contributed by atoms with Gasteiger partial charge in [0, 0.05) is 35.7 Å². The molecule has 0 aromatic heterocycles. The Morgan fingerprint density at radius 3 is 2.23 bits per heavy atom. The first-order valence-electron chi connectivity index (χ1n) is 7.69. The first kappa shape index (κ1) is 20.1. The molecule has 2 aromatic rings. The summed E-state index contributed by atoms with van der Waals surface area (Å²) >= 11 is 3.24. The van der Waals surface area contributed by atoms with Gasteiger partial charge in [-0.3, -0.25) is 9.59 Å². The number of halogens is 1. The van der Waals surface area contributed by atoms with E-state index in [9.17, 15) is 18.0 Å². The number of amides is 2. The predicted octanol–water partition coefficient (Wildman–Crippen LogP) is 2.71. The highest BCUT2D eigenvalue weighted by molar-refractivity contribution is 9.10. The first-order chi connectivity index (χ1) is 12.3. The van der Waals surface area contributed by atoms with Crippen LogP contribution in [-0.2, 0) is 19.6 Å². The second-order valence-corrected chi connectivity index (χ2v) is 8.09. The summed E-state index contributed by atoms with van der Waals surface area (Å²) in [7, 11) is -3.66. The number of anilines is 2. The minimum Gasteiger partial charge on any atom is -0.326 e. The van der Waals surface area contributed by atoms with Crippen LogP contribution < -0.4 is 15.4 Å². The molecule has 2 rings (SSSR count). The van der Waals surface area contributed by atoms with Crippen molar-refractivity contribution in [1.82, 2.24) is 4.72 Å². The maximum atomic E-state index is 12.1. The SMILES string of the molecule is CC(=O)Nc1cccc(NC(=O)CCNS(=O)(=O)c2ccc(Br)cc2)c1. The fourth-order valence-electron chi connectivity index (χ4n) is 2.10. The summed E-state index contributed by atoms with van der Waals surface area (Å²) in [6.07, 6.45) is -0.0277. The molecule has 0 unspecified atom stereocenters. The summed E-state index contributed by atoms with van der Waals surface area (Å²) in [5, 5.41) is 5.28. The fourth-order valence-corrected chi connectivity index (χ4v) is 3.39. The van der Waals surface area contributed by atoms with Gasteiger partial charge in [0.15, 0.2) is 0 Å². The number of sulfonamides is 1. The molecule has 0 aliphatic rings. The number of benzene rings is 2. The minimum absolute atomic E-state index is 0.0277. The van der Waals surface area contributed by atoms with Gasteiger partial charge in [-0.1, -0.05) is 22.0 Å². The van der Waals surface area contributed by atoms with Crippen LogP contribution in [0, 0.1) is 0 Å². The third-order valence-corrected chi connectivity index (χ3v) is 5.24. The zero-order valence-electron chi connectivity index (χ0n) is 14.0. The number of hydrogen-bond donors (Lipinski definition) is 3. The lowest BCUT2D eigenvalue weighted by molar-refractivity contribution is -0.116. The minimum atomic E-state index is -3.66. The van der Waals surface area contributed by atoms with Gasteiger partial charge in [0.2, 0.25) is 21.8 Å². The maximum Gasteiger partial charge on any atom is 0.240 e. The molecule has 0 heterocycles. The number of nitrogens with one attached hydrogen (secondary N) is 3. The van der Waals surface area contributed by atoms with Crippen molar-refractivity contribution >= 4 is 49.1 Å². The van der Waals surface area contributed by atoms with E-state index in [1.807, 2.05) is 0 Å². The third-order valence-electron chi connectivity index (χ3n) is 3.23. The molecule has 2 aromatic carbocycles. The molecule has 2 amide bonds. The molecule has 3 N–H and O–H groups in total. The maximum absolute atomic E-state index is 12.1. The lowest BCUT2D eigenvalue weighted by Gasteiger charge is -2.09. The lowest BCUT2D eigenvalue weighted by atomic mass is 10.2.